The third-order valence-electron chi connectivity index (χ3n) is 8.86. The molecule has 0 aliphatic carbocycles. The SMILES string of the molecule is c1ccc(-n2c(-c3ccc4c(c3)-c3ccccc3Sc3ccccc3-c3ccccc3-c3ccccc3-4)nc3ccccc32)cc1. The second-order valence-corrected chi connectivity index (χ2v) is 12.6. The third-order valence-corrected chi connectivity index (χ3v) is 10.0. The first-order chi connectivity index (χ1) is 22.8. The summed E-state index contributed by atoms with van der Waals surface area (Å²) in [6.45, 7) is 0. The number of para-hydroxylation sites is 3. The van der Waals surface area contributed by atoms with Crippen LogP contribution in [0.25, 0.3) is 72.6 Å². The molecule has 1 aliphatic heterocycles. The van der Waals surface area contributed by atoms with E-state index in [1.54, 1.807) is 0 Å². The fourth-order valence-corrected chi connectivity index (χ4v) is 7.89. The second-order valence-electron chi connectivity index (χ2n) is 11.5. The van der Waals surface area contributed by atoms with Crippen LogP contribution in [0.15, 0.2) is 180 Å². The molecule has 0 fully saturated rings. The lowest BCUT2D eigenvalue weighted by atomic mass is 9.86. The van der Waals surface area contributed by atoms with Crippen LogP contribution in [0.1, 0.15) is 0 Å². The molecule has 8 aromatic rings. The Labute approximate surface area is 272 Å². The molecule has 0 saturated heterocycles. The Morgan fingerprint density at radius 3 is 1.52 bits per heavy atom. The Hall–Kier alpha value is -5.64. The first-order valence-corrected chi connectivity index (χ1v) is 16.4. The summed E-state index contributed by atoms with van der Waals surface area (Å²) in [7, 11) is 0. The largest absolute Gasteiger partial charge is 0.292 e. The Morgan fingerprint density at radius 1 is 0.391 bits per heavy atom. The van der Waals surface area contributed by atoms with Gasteiger partial charge in [0.05, 0.1) is 11.0 Å². The maximum absolute atomic E-state index is 5.22. The zero-order chi connectivity index (χ0) is 30.5. The van der Waals surface area contributed by atoms with Gasteiger partial charge in [0.25, 0.3) is 0 Å². The van der Waals surface area contributed by atoms with E-state index in [-0.39, 0.29) is 0 Å². The molecular formula is C43H28N2S. The molecule has 0 saturated carbocycles. The van der Waals surface area contributed by atoms with Crippen LogP contribution in [0.4, 0.5) is 0 Å². The van der Waals surface area contributed by atoms with Crippen molar-refractivity contribution in [3.8, 4) is 61.6 Å². The van der Waals surface area contributed by atoms with Crippen LogP contribution >= 0.6 is 11.8 Å². The van der Waals surface area contributed by atoms with Gasteiger partial charge in [-0.15, -0.1) is 0 Å². The molecule has 2 heterocycles. The van der Waals surface area contributed by atoms with E-state index < -0.39 is 0 Å². The van der Waals surface area contributed by atoms with Gasteiger partial charge in [0.15, 0.2) is 0 Å². The molecule has 0 bridgehead atoms. The molecule has 9 rings (SSSR count). The van der Waals surface area contributed by atoms with Crippen molar-refractivity contribution in [2.24, 2.45) is 0 Å². The average Bonchev–Trinajstić information content (AvgIpc) is 3.51. The van der Waals surface area contributed by atoms with Crippen LogP contribution in [-0.4, -0.2) is 9.55 Å². The van der Waals surface area contributed by atoms with Crippen molar-refractivity contribution in [3.63, 3.8) is 0 Å². The topological polar surface area (TPSA) is 17.8 Å². The van der Waals surface area contributed by atoms with Crippen molar-refractivity contribution in [1.82, 2.24) is 9.55 Å². The van der Waals surface area contributed by atoms with Crippen LogP contribution in [0.5, 0.6) is 0 Å². The van der Waals surface area contributed by atoms with Crippen molar-refractivity contribution in [3.05, 3.63) is 170 Å². The quantitative estimate of drug-likeness (QED) is 0.195. The zero-order valence-electron chi connectivity index (χ0n) is 25.0. The number of rotatable bonds is 2. The van der Waals surface area contributed by atoms with E-state index >= 15 is 0 Å². The third kappa shape index (κ3) is 4.40. The number of aromatic nitrogens is 2. The molecule has 0 N–H and O–H groups in total. The lowest BCUT2D eigenvalue weighted by Crippen LogP contribution is -1.98. The van der Waals surface area contributed by atoms with Gasteiger partial charge in [-0.25, -0.2) is 4.98 Å². The molecule has 0 radical (unpaired) electrons. The number of hydrogen-bond donors (Lipinski definition) is 0. The maximum atomic E-state index is 5.22. The number of hydrogen-bond acceptors (Lipinski definition) is 2. The van der Waals surface area contributed by atoms with E-state index in [2.05, 4.69) is 174 Å². The van der Waals surface area contributed by atoms with E-state index in [1.165, 1.54) is 54.3 Å². The molecule has 0 amide bonds. The Kier molecular flexibility index (Phi) is 6.43. The lowest BCUT2D eigenvalue weighted by Gasteiger charge is -2.18. The fourth-order valence-electron chi connectivity index (χ4n) is 6.78. The summed E-state index contributed by atoms with van der Waals surface area (Å²) in [6.07, 6.45) is 0. The predicted molar refractivity (Wildman–Crippen MR) is 192 cm³/mol. The summed E-state index contributed by atoms with van der Waals surface area (Å²) in [4.78, 5) is 7.68. The first kappa shape index (κ1) is 26.7. The van der Waals surface area contributed by atoms with Gasteiger partial charge in [-0.1, -0.05) is 139 Å². The summed E-state index contributed by atoms with van der Waals surface area (Å²) < 4.78 is 2.28. The van der Waals surface area contributed by atoms with Gasteiger partial charge in [-0.05, 0) is 87.0 Å². The minimum Gasteiger partial charge on any atom is -0.292 e. The van der Waals surface area contributed by atoms with Crippen molar-refractivity contribution < 1.29 is 0 Å². The van der Waals surface area contributed by atoms with E-state index in [1.807, 2.05) is 11.8 Å². The van der Waals surface area contributed by atoms with Crippen molar-refractivity contribution >= 4 is 22.8 Å². The van der Waals surface area contributed by atoms with Crippen LogP contribution in [0, 0.1) is 0 Å². The zero-order valence-corrected chi connectivity index (χ0v) is 25.8. The maximum Gasteiger partial charge on any atom is 0.145 e. The predicted octanol–water partition coefficient (Wildman–Crippen LogP) is 11.8. The van der Waals surface area contributed by atoms with Gasteiger partial charge in [-0.3, -0.25) is 4.57 Å². The van der Waals surface area contributed by atoms with Gasteiger partial charge in [-0.2, -0.15) is 0 Å². The van der Waals surface area contributed by atoms with Crippen LogP contribution < -0.4 is 0 Å². The van der Waals surface area contributed by atoms with E-state index in [0.717, 1.165) is 28.1 Å². The molecular weight excluding hydrogens is 577 g/mol. The molecule has 0 unspecified atom stereocenters. The smallest absolute Gasteiger partial charge is 0.145 e. The van der Waals surface area contributed by atoms with Gasteiger partial charge in [0.1, 0.15) is 5.82 Å². The summed E-state index contributed by atoms with van der Waals surface area (Å²) in [5.74, 6) is 0.929. The summed E-state index contributed by atoms with van der Waals surface area (Å²) in [6, 6.07) is 61.1. The first-order valence-electron chi connectivity index (χ1n) is 15.6. The molecule has 0 spiro atoms. The number of nitrogens with zero attached hydrogens (tertiary/aromatic N) is 2. The van der Waals surface area contributed by atoms with Gasteiger partial charge >= 0.3 is 0 Å². The fraction of sp³-hybridized carbons (Fsp3) is 0. The summed E-state index contributed by atoms with van der Waals surface area (Å²) >= 11 is 1.84. The number of imidazole rings is 1. The van der Waals surface area contributed by atoms with Gasteiger partial charge in [0, 0.05) is 21.0 Å². The monoisotopic (exact) mass is 604 g/mol. The Morgan fingerprint density at radius 2 is 0.870 bits per heavy atom. The number of benzene rings is 7. The van der Waals surface area contributed by atoms with E-state index in [0.29, 0.717) is 0 Å². The average molecular weight is 605 g/mol. The van der Waals surface area contributed by atoms with Gasteiger partial charge in [0.2, 0.25) is 0 Å². The van der Waals surface area contributed by atoms with Gasteiger partial charge < -0.3 is 0 Å². The van der Waals surface area contributed by atoms with Crippen LogP contribution in [0.2, 0.25) is 0 Å². The Bertz CT molecular complexity index is 2400. The molecule has 1 aliphatic rings. The normalized spacial score (nSPS) is 11.8. The minimum absolute atomic E-state index is 0.929. The highest BCUT2D eigenvalue weighted by molar-refractivity contribution is 7.99. The van der Waals surface area contributed by atoms with Crippen molar-refractivity contribution in [2.75, 3.05) is 0 Å². The molecule has 3 heteroatoms. The standard InChI is InChI=1S/C43H28N2S/c1-2-14-30(15-3-1)45-40-23-11-10-22-39(40)44-43(45)29-26-27-35-33-18-5-4-16-31(33)32-17-6-7-19-34(32)36-20-8-12-24-41(36)46-42-25-13-9-21-37(42)38(35)28-29/h1-28H. The number of fused-ring (bicyclic) bond motifs is 10. The molecule has 7 aromatic carbocycles. The van der Waals surface area contributed by atoms with Crippen LogP contribution in [0.3, 0.4) is 0 Å². The highest BCUT2D eigenvalue weighted by Gasteiger charge is 2.22. The van der Waals surface area contributed by atoms with E-state index in [4.69, 9.17) is 4.98 Å². The molecule has 46 heavy (non-hydrogen) atoms. The molecule has 1 aromatic heterocycles. The Balaban J connectivity index is 1.37. The highest BCUT2D eigenvalue weighted by Crippen LogP contribution is 2.49. The second kappa shape index (κ2) is 11.1. The molecule has 0 atom stereocenters. The molecule has 2 nitrogen and oxygen atoms in total. The van der Waals surface area contributed by atoms with Crippen molar-refractivity contribution in [2.45, 2.75) is 9.79 Å². The van der Waals surface area contributed by atoms with Crippen molar-refractivity contribution in [1.29, 1.82) is 0 Å². The van der Waals surface area contributed by atoms with Crippen LogP contribution in [-0.2, 0) is 0 Å². The minimum atomic E-state index is 0.929. The summed E-state index contributed by atoms with van der Waals surface area (Å²) in [5.41, 5.74) is 14.0. The van der Waals surface area contributed by atoms with E-state index in [9.17, 15) is 0 Å². The highest BCUT2D eigenvalue weighted by atomic mass is 32.2. The lowest BCUT2D eigenvalue weighted by molar-refractivity contribution is 1.10. The summed E-state index contributed by atoms with van der Waals surface area (Å²) in [5, 5.41) is 0. The molecule has 216 valence electrons.